The van der Waals surface area contributed by atoms with E-state index in [0.717, 1.165) is 38.1 Å². The first-order valence-corrected chi connectivity index (χ1v) is 10.9. The molecule has 0 bridgehead atoms. The van der Waals surface area contributed by atoms with E-state index < -0.39 is 11.7 Å². The fourth-order valence-corrected chi connectivity index (χ4v) is 3.79. The first kappa shape index (κ1) is 22.0. The van der Waals surface area contributed by atoms with Crippen LogP contribution < -0.4 is 10.6 Å². The second kappa shape index (κ2) is 9.91. The minimum absolute atomic E-state index is 0.00330. The van der Waals surface area contributed by atoms with Gasteiger partial charge in [-0.25, -0.2) is 4.39 Å². The topological polar surface area (TPSA) is 88.9 Å². The van der Waals surface area contributed by atoms with Gasteiger partial charge >= 0.3 is 0 Å². The number of anilines is 1. The van der Waals surface area contributed by atoms with Gasteiger partial charge < -0.3 is 15.2 Å². The van der Waals surface area contributed by atoms with Crippen molar-refractivity contribution >= 4 is 29.1 Å². The van der Waals surface area contributed by atoms with Crippen LogP contribution in [0, 0.1) is 5.82 Å². The second-order valence-electron chi connectivity index (χ2n) is 7.66. The van der Waals surface area contributed by atoms with Crippen LogP contribution >= 0.6 is 11.6 Å². The van der Waals surface area contributed by atoms with E-state index in [1.165, 1.54) is 6.07 Å². The molecule has 0 spiro atoms. The molecule has 1 aliphatic heterocycles. The monoisotopic (exact) mass is 455 g/mol. The lowest BCUT2D eigenvalue weighted by Crippen LogP contribution is -2.27. The lowest BCUT2D eigenvalue weighted by Gasteiger charge is -2.11. The van der Waals surface area contributed by atoms with Gasteiger partial charge in [0.05, 0.1) is 5.69 Å². The van der Waals surface area contributed by atoms with Gasteiger partial charge in [0.2, 0.25) is 5.91 Å². The van der Waals surface area contributed by atoms with Gasteiger partial charge in [-0.1, -0.05) is 18.0 Å². The molecule has 0 atom stereocenters. The Kier molecular flexibility index (Phi) is 6.80. The molecule has 0 unspecified atom stereocenters. The van der Waals surface area contributed by atoms with Gasteiger partial charge in [0.15, 0.2) is 5.82 Å². The number of nitrogens with one attached hydrogen (secondary N) is 2. The number of hydrogen-bond donors (Lipinski definition) is 2. The SMILES string of the molecule is O=C(CCNC(=O)c1ccc(Cl)cc1)Nc1cc(-c2nnc3n2CCCCC3)ccc1F. The van der Waals surface area contributed by atoms with Crippen molar-refractivity contribution < 1.29 is 14.0 Å². The Morgan fingerprint density at radius 1 is 1.06 bits per heavy atom. The number of carbonyl (C=O) groups excluding carboxylic acids is 2. The van der Waals surface area contributed by atoms with Gasteiger partial charge in [-0.2, -0.15) is 0 Å². The van der Waals surface area contributed by atoms with E-state index in [2.05, 4.69) is 25.4 Å². The number of nitrogens with zero attached hydrogens (tertiary/aromatic N) is 3. The Morgan fingerprint density at radius 2 is 1.88 bits per heavy atom. The number of rotatable bonds is 6. The zero-order valence-corrected chi connectivity index (χ0v) is 18.2. The van der Waals surface area contributed by atoms with E-state index in [-0.39, 0.29) is 24.6 Å². The van der Waals surface area contributed by atoms with Gasteiger partial charge in [0.1, 0.15) is 11.6 Å². The van der Waals surface area contributed by atoms with Crippen molar-refractivity contribution in [2.24, 2.45) is 0 Å². The van der Waals surface area contributed by atoms with E-state index in [0.29, 0.717) is 22.0 Å². The van der Waals surface area contributed by atoms with Crippen LogP contribution in [0.3, 0.4) is 0 Å². The molecule has 0 radical (unpaired) electrons. The molecule has 0 fully saturated rings. The third kappa shape index (κ3) is 5.13. The Balaban J connectivity index is 1.38. The normalized spacial score (nSPS) is 13.2. The second-order valence-corrected chi connectivity index (χ2v) is 8.09. The minimum atomic E-state index is -0.539. The predicted molar refractivity (Wildman–Crippen MR) is 120 cm³/mol. The minimum Gasteiger partial charge on any atom is -0.352 e. The number of hydrogen-bond acceptors (Lipinski definition) is 4. The molecule has 2 heterocycles. The van der Waals surface area contributed by atoms with Crippen LogP contribution in [-0.4, -0.2) is 33.1 Å². The first-order chi connectivity index (χ1) is 15.5. The zero-order valence-electron chi connectivity index (χ0n) is 17.4. The molecule has 0 saturated heterocycles. The lowest BCUT2D eigenvalue weighted by atomic mass is 10.1. The van der Waals surface area contributed by atoms with Crippen molar-refractivity contribution in [1.82, 2.24) is 20.1 Å². The number of benzene rings is 2. The summed E-state index contributed by atoms with van der Waals surface area (Å²) in [5.74, 6) is 0.354. The fourth-order valence-electron chi connectivity index (χ4n) is 3.66. The molecular weight excluding hydrogens is 433 g/mol. The third-order valence-corrected chi connectivity index (χ3v) is 5.60. The van der Waals surface area contributed by atoms with Gasteiger partial charge in [-0.05, 0) is 55.3 Å². The lowest BCUT2D eigenvalue weighted by molar-refractivity contribution is -0.116. The summed E-state index contributed by atoms with van der Waals surface area (Å²) < 4.78 is 16.4. The summed E-state index contributed by atoms with van der Waals surface area (Å²) in [5, 5.41) is 14.3. The van der Waals surface area contributed by atoms with Crippen molar-refractivity contribution in [3.63, 3.8) is 0 Å². The smallest absolute Gasteiger partial charge is 0.251 e. The van der Waals surface area contributed by atoms with Crippen LogP contribution in [0.4, 0.5) is 10.1 Å². The summed E-state index contributed by atoms with van der Waals surface area (Å²) in [5.41, 5.74) is 1.21. The van der Waals surface area contributed by atoms with Crippen LogP contribution in [-0.2, 0) is 17.8 Å². The number of fused-ring (bicyclic) bond motifs is 1. The van der Waals surface area contributed by atoms with Crippen LogP contribution in [0.25, 0.3) is 11.4 Å². The molecule has 0 saturated carbocycles. The number of aryl methyl sites for hydroxylation is 1. The molecule has 0 aliphatic carbocycles. The molecule has 2 N–H and O–H groups in total. The Morgan fingerprint density at radius 3 is 2.69 bits per heavy atom. The fraction of sp³-hybridized carbons (Fsp3) is 0.304. The summed E-state index contributed by atoms with van der Waals surface area (Å²) in [6, 6.07) is 11.0. The Bertz CT molecular complexity index is 1130. The van der Waals surface area contributed by atoms with Gasteiger partial charge in [0.25, 0.3) is 5.91 Å². The number of aromatic nitrogens is 3. The summed E-state index contributed by atoms with van der Waals surface area (Å²) >= 11 is 5.81. The van der Waals surface area contributed by atoms with E-state index in [9.17, 15) is 14.0 Å². The van der Waals surface area contributed by atoms with Crippen LogP contribution in [0.5, 0.6) is 0 Å². The van der Waals surface area contributed by atoms with Crippen molar-refractivity contribution in [3.8, 4) is 11.4 Å². The molecule has 2 amide bonds. The predicted octanol–water partition coefficient (Wildman–Crippen LogP) is 4.22. The summed E-state index contributed by atoms with van der Waals surface area (Å²) in [6.07, 6.45) is 4.15. The van der Waals surface area contributed by atoms with E-state index in [4.69, 9.17) is 11.6 Å². The third-order valence-electron chi connectivity index (χ3n) is 5.35. The van der Waals surface area contributed by atoms with E-state index in [1.807, 2.05) is 0 Å². The largest absolute Gasteiger partial charge is 0.352 e. The van der Waals surface area contributed by atoms with Crippen LogP contribution in [0.15, 0.2) is 42.5 Å². The van der Waals surface area contributed by atoms with Crippen molar-refractivity contribution in [2.75, 3.05) is 11.9 Å². The van der Waals surface area contributed by atoms with E-state index >= 15 is 0 Å². The molecule has 3 aromatic rings. The highest BCUT2D eigenvalue weighted by molar-refractivity contribution is 6.30. The van der Waals surface area contributed by atoms with Crippen LogP contribution in [0.1, 0.15) is 41.9 Å². The number of carbonyl (C=O) groups is 2. The number of halogens is 2. The molecule has 1 aromatic heterocycles. The summed E-state index contributed by atoms with van der Waals surface area (Å²) in [7, 11) is 0. The van der Waals surface area contributed by atoms with Crippen molar-refractivity contribution in [1.29, 1.82) is 0 Å². The Labute approximate surface area is 190 Å². The standard InChI is InChI=1S/C23H23ClFN5O2/c24-17-8-5-15(6-9-17)23(32)26-12-11-21(31)27-19-14-16(7-10-18(19)25)22-29-28-20-4-2-1-3-13-30(20)22/h5-10,14H,1-4,11-13H2,(H,26,32)(H,27,31). The number of amides is 2. The quantitative estimate of drug-likeness (QED) is 0.582. The highest BCUT2D eigenvalue weighted by Gasteiger charge is 2.18. The maximum Gasteiger partial charge on any atom is 0.251 e. The molecule has 4 rings (SSSR count). The molecule has 7 nitrogen and oxygen atoms in total. The van der Waals surface area contributed by atoms with Gasteiger partial charge in [-0.3, -0.25) is 9.59 Å². The highest BCUT2D eigenvalue weighted by atomic mass is 35.5. The molecular formula is C23H23ClFN5O2. The maximum absolute atomic E-state index is 14.3. The molecule has 32 heavy (non-hydrogen) atoms. The summed E-state index contributed by atoms with van der Waals surface area (Å²) in [4.78, 5) is 24.4. The molecule has 1 aliphatic rings. The highest BCUT2D eigenvalue weighted by Crippen LogP contribution is 2.26. The maximum atomic E-state index is 14.3. The van der Waals surface area contributed by atoms with Gasteiger partial charge in [0, 0.05) is 42.1 Å². The van der Waals surface area contributed by atoms with Gasteiger partial charge in [-0.15, -0.1) is 10.2 Å². The molecule has 9 heteroatoms. The molecule has 2 aromatic carbocycles. The average Bonchev–Trinajstić information content (AvgIpc) is 3.03. The Hall–Kier alpha value is -3.26. The average molecular weight is 456 g/mol. The summed E-state index contributed by atoms with van der Waals surface area (Å²) in [6.45, 7) is 0.941. The zero-order chi connectivity index (χ0) is 22.5. The van der Waals surface area contributed by atoms with E-state index in [1.54, 1.807) is 36.4 Å². The molecule has 166 valence electrons. The van der Waals surface area contributed by atoms with Crippen molar-refractivity contribution in [2.45, 2.75) is 38.6 Å². The first-order valence-electron chi connectivity index (χ1n) is 10.6. The van der Waals surface area contributed by atoms with Crippen LogP contribution in [0.2, 0.25) is 5.02 Å². The van der Waals surface area contributed by atoms with Crippen molar-refractivity contribution in [3.05, 3.63) is 64.7 Å².